The molecule has 0 aromatic heterocycles. The molecule has 2 saturated heterocycles. The van der Waals surface area contributed by atoms with Gasteiger partial charge in [-0.05, 0) is 25.0 Å². The number of benzene rings is 1. The Kier molecular flexibility index (Phi) is 5.55. The number of hydrogen-bond donors (Lipinski definition) is 2. The first-order valence-corrected chi connectivity index (χ1v) is 10.5. The topological polar surface area (TPSA) is 115 Å². The molecule has 1 amide bonds. The third kappa shape index (κ3) is 3.99. The van der Waals surface area contributed by atoms with Gasteiger partial charge in [-0.2, -0.15) is 4.31 Å². The number of carbonyl (C=O) groups excluding carboxylic acids is 1. The van der Waals surface area contributed by atoms with Crippen LogP contribution in [0.5, 0.6) is 0 Å². The summed E-state index contributed by atoms with van der Waals surface area (Å²) in [6.45, 7) is 0.808. The molecular formula is C18H24N2O6S. The van der Waals surface area contributed by atoms with Crippen LogP contribution in [0.25, 0.3) is 0 Å². The number of aliphatic carboxylic acids is 1. The van der Waals surface area contributed by atoms with Crippen molar-refractivity contribution in [3.8, 4) is 0 Å². The average molecular weight is 396 g/mol. The van der Waals surface area contributed by atoms with Gasteiger partial charge in [0.2, 0.25) is 15.9 Å². The normalized spacial score (nSPS) is 23.7. The predicted octanol–water partition coefficient (Wildman–Crippen LogP) is 0.525. The molecule has 1 unspecified atom stereocenters. The van der Waals surface area contributed by atoms with Crippen molar-refractivity contribution < 1.29 is 28.2 Å². The van der Waals surface area contributed by atoms with E-state index in [1.807, 2.05) is 0 Å². The van der Waals surface area contributed by atoms with Crippen LogP contribution in [0.3, 0.4) is 0 Å². The number of carbonyl (C=O) groups is 2. The van der Waals surface area contributed by atoms with Crippen LogP contribution in [0.1, 0.15) is 25.7 Å². The van der Waals surface area contributed by atoms with Crippen molar-refractivity contribution >= 4 is 21.9 Å². The van der Waals surface area contributed by atoms with Gasteiger partial charge in [-0.1, -0.05) is 18.2 Å². The summed E-state index contributed by atoms with van der Waals surface area (Å²) in [5, 5.41) is 19.1. The number of hydrogen-bond acceptors (Lipinski definition) is 5. The molecule has 0 spiro atoms. The molecule has 1 aromatic carbocycles. The monoisotopic (exact) mass is 396 g/mol. The van der Waals surface area contributed by atoms with Crippen molar-refractivity contribution in [3.05, 3.63) is 30.3 Å². The Balaban J connectivity index is 1.66. The molecule has 0 radical (unpaired) electrons. The number of nitrogens with zero attached hydrogens (tertiary/aromatic N) is 2. The Morgan fingerprint density at radius 3 is 2.30 bits per heavy atom. The van der Waals surface area contributed by atoms with Crippen LogP contribution < -0.4 is 0 Å². The van der Waals surface area contributed by atoms with E-state index in [9.17, 15) is 23.1 Å². The number of aliphatic hydroxyl groups is 1. The van der Waals surface area contributed by atoms with E-state index in [2.05, 4.69) is 0 Å². The van der Waals surface area contributed by atoms with Crippen molar-refractivity contribution in [2.24, 2.45) is 5.92 Å². The highest BCUT2D eigenvalue weighted by Gasteiger charge is 2.42. The van der Waals surface area contributed by atoms with Crippen molar-refractivity contribution in [1.82, 2.24) is 9.21 Å². The zero-order valence-corrected chi connectivity index (χ0v) is 15.8. The van der Waals surface area contributed by atoms with Crippen LogP contribution in [-0.2, 0) is 19.6 Å². The van der Waals surface area contributed by atoms with Crippen molar-refractivity contribution in [1.29, 1.82) is 0 Å². The molecule has 3 rings (SSSR count). The highest BCUT2D eigenvalue weighted by molar-refractivity contribution is 7.89. The molecule has 2 N–H and O–H groups in total. The summed E-state index contributed by atoms with van der Waals surface area (Å²) in [6, 6.07) is 8.15. The summed E-state index contributed by atoms with van der Waals surface area (Å²) in [7, 11) is -3.64. The van der Waals surface area contributed by atoms with Crippen LogP contribution in [0.2, 0.25) is 0 Å². The van der Waals surface area contributed by atoms with Gasteiger partial charge in [0.15, 0.2) is 5.60 Å². The molecule has 9 heteroatoms. The first-order chi connectivity index (χ1) is 12.7. The molecule has 2 fully saturated rings. The number of amides is 1. The minimum Gasteiger partial charge on any atom is -0.479 e. The molecule has 148 valence electrons. The van der Waals surface area contributed by atoms with E-state index < -0.39 is 27.5 Å². The maximum absolute atomic E-state index is 12.8. The number of rotatable bonds is 4. The largest absolute Gasteiger partial charge is 0.479 e. The Labute approximate surface area is 158 Å². The van der Waals surface area contributed by atoms with Gasteiger partial charge < -0.3 is 15.1 Å². The van der Waals surface area contributed by atoms with Crippen LogP contribution in [0.4, 0.5) is 0 Å². The van der Waals surface area contributed by atoms with E-state index in [0.717, 1.165) is 0 Å². The van der Waals surface area contributed by atoms with E-state index in [1.165, 1.54) is 16.4 Å². The molecule has 27 heavy (non-hydrogen) atoms. The van der Waals surface area contributed by atoms with E-state index in [0.29, 0.717) is 19.4 Å². The van der Waals surface area contributed by atoms with Gasteiger partial charge >= 0.3 is 5.97 Å². The van der Waals surface area contributed by atoms with Gasteiger partial charge in [0.25, 0.3) is 0 Å². The smallest absolute Gasteiger partial charge is 0.335 e. The summed E-state index contributed by atoms with van der Waals surface area (Å²) in [5.74, 6) is -1.89. The van der Waals surface area contributed by atoms with E-state index in [1.54, 1.807) is 23.1 Å². The van der Waals surface area contributed by atoms with Gasteiger partial charge in [-0.25, -0.2) is 13.2 Å². The zero-order chi connectivity index (χ0) is 19.7. The second-order valence-electron chi connectivity index (χ2n) is 7.18. The number of likely N-dealkylation sites (tertiary alicyclic amines) is 1. The lowest BCUT2D eigenvalue weighted by Gasteiger charge is -2.39. The minimum absolute atomic E-state index is 0.0210. The number of carboxylic acid groups (broad SMARTS) is 1. The van der Waals surface area contributed by atoms with Crippen LogP contribution >= 0.6 is 0 Å². The van der Waals surface area contributed by atoms with Crippen molar-refractivity contribution in [2.45, 2.75) is 36.2 Å². The highest BCUT2D eigenvalue weighted by Crippen LogP contribution is 2.28. The van der Waals surface area contributed by atoms with Crippen molar-refractivity contribution in [3.63, 3.8) is 0 Å². The molecular weight excluding hydrogens is 372 g/mol. The molecule has 1 aromatic rings. The van der Waals surface area contributed by atoms with Crippen molar-refractivity contribution in [2.75, 3.05) is 26.2 Å². The number of carboxylic acids is 1. The molecule has 0 bridgehead atoms. The molecule has 1 atom stereocenters. The van der Waals surface area contributed by atoms with E-state index in [4.69, 9.17) is 5.11 Å². The second-order valence-corrected chi connectivity index (χ2v) is 9.12. The minimum atomic E-state index is -3.64. The fourth-order valence-electron chi connectivity index (χ4n) is 3.67. The molecule has 0 aliphatic carbocycles. The maximum atomic E-state index is 12.8. The number of sulfonamides is 1. The Morgan fingerprint density at radius 2 is 1.70 bits per heavy atom. The van der Waals surface area contributed by atoms with Gasteiger partial charge in [0, 0.05) is 39.0 Å². The SMILES string of the molecule is O=C(C1CCCN(S(=O)(=O)c2ccccc2)C1)N1CCC(O)(C(=O)O)CC1. The predicted molar refractivity (Wildman–Crippen MR) is 96.3 cm³/mol. The van der Waals surface area contributed by atoms with E-state index in [-0.39, 0.29) is 43.3 Å². The molecule has 0 saturated carbocycles. The number of piperidine rings is 2. The van der Waals surface area contributed by atoms with Gasteiger partial charge in [0.05, 0.1) is 10.8 Å². The fraction of sp³-hybridized carbons (Fsp3) is 0.556. The van der Waals surface area contributed by atoms with Gasteiger partial charge in [-0.3, -0.25) is 4.79 Å². The first kappa shape index (κ1) is 19.8. The second kappa shape index (κ2) is 7.57. The standard InChI is InChI=1S/C18H24N2O6S/c21-16(19-11-8-18(24,9-12-19)17(22)23)14-5-4-10-20(13-14)27(25,26)15-6-2-1-3-7-15/h1-3,6-7,14,24H,4-5,8-13H2,(H,22,23). The molecule has 8 nitrogen and oxygen atoms in total. The maximum Gasteiger partial charge on any atom is 0.335 e. The first-order valence-electron chi connectivity index (χ1n) is 9.04. The average Bonchev–Trinajstić information content (AvgIpc) is 2.69. The molecule has 2 aliphatic rings. The van der Waals surface area contributed by atoms with Gasteiger partial charge in [0.1, 0.15) is 0 Å². The summed E-state index contributed by atoms with van der Waals surface area (Å²) < 4.78 is 26.9. The molecule has 2 aliphatic heterocycles. The Bertz CT molecular complexity index is 802. The summed E-state index contributed by atoms with van der Waals surface area (Å²) in [6.07, 6.45) is 1.15. The lowest BCUT2D eigenvalue weighted by atomic mass is 9.90. The van der Waals surface area contributed by atoms with Gasteiger partial charge in [-0.15, -0.1) is 0 Å². The molecule has 2 heterocycles. The summed E-state index contributed by atoms with van der Waals surface area (Å²) in [4.78, 5) is 25.7. The zero-order valence-electron chi connectivity index (χ0n) is 15.0. The van der Waals surface area contributed by atoms with Crippen LogP contribution in [-0.4, -0.2) is 71.5 Å². The van der Waals surface area contributed by atoms with E-state index >= 15 is 0 Å². The summed E-state index contributed by atoms with van der Waals surface area (Å²) >= 11 is 0. The Morgan fingerprint density at radius 1 is 1.07 bits per heavy atom. The summed E-state index contributed by atoms with van der Waals surface area (Å²) in [5.41, 5.74) is -1.79. The Hall–Kier alpha value is -1.97. The lowest BCUT2D eigenvalue weighted by Crippen LogP contribution is -2.53. The third-order valence-corrected chi connectivity index (χ3v) is 7.29. The van der Waals surface area contributed by atoms with Crippen LogP contribution in [0, 0.1) is 5.92 Å². The van der Waals surface area contributed by atoms with Crippen LogP contribution in [0.15, 0.2) is 35.2 Å². The third-order valence-electron chi connectivity index (χ3n) is 5.41. The quantitative estimate of drug-likeness (QED) is 0.767. The lowest BCUT2D eigenvalue weighted by molar-refractivity contribution is -0.166. The highest BCUT2D eigenvalue weighted by atomic mass is 32.2. The fourth-order valence-corrected chi connectivity index (χ4v) is 5.22.